The van der Waals surface area contributed by atoms with Gasteiger partial charge in [-0.25, -0.2) is 14.6 Å². The number of nitrogens with zero attached hydrogens (tertiary/aromatic N) is 2. The molecular weight excluding hydrogens is 522 g/mol. The van der Waals surface area contributed by atoms with Gasteiger partial charge in [-0.2, -0.15) is 18.1 Å². The molecule has 0 saturated heterocycles. The Hall–Kier alpha value is -2.12. The lowest BCUT2D eigenvalue weighted by molar-refractivity contribution is -0.167. The number of anilines is 2. The molecular formula is C18H23F3IN3O5. The highest BCUT2D eigenvalue weighted by Gasteiger charge is 2.39. The van der Waals surface area contributed by atoms with E-state index >= 15 is 0 Å². The fourth-order valence-corrected chi connectivity index (χ4v) is 2.47. The Labute approximate surface area is 185 Å². The number of aryl methyl sites for hydroxylation is 1. The lowest BCUT2D eigenvalue weighted by Gasteiger charge is -2.29. The normalized spacial score (nSPS) is 12.2. The van der Waals surface area contributed by atoms with Gasteiger partial charge in [0.2, 0.25) is 0 Å². The summed E-state index contributed by atoms with van der Waals surface area (Å²) in [5, 5.41) is 1.71. The molecule has 0 radical (unpaired) electrons. The van der Waals surface area contributed by atoms with E-state index < -0.39 is 35.5 Å². The third-order valence-corrected chi connectivity index (χ3v) is 3.83. The van der Waals surface area contributed by atoms with Crippen LogP contribution in [0, 0.1) is 10.6 Å². The number of halogens is 4. The van der Waals surface area contributed by atoms with Gasteiger partial charge in [-0.15, -0.1) is 0 Å². The van der Waals surface area contributed by atoms with Crippen molar-refractivity contribution < 1.29 is 37.0 Å². The van der Waals surface area contributed by atoms with Gasteiger partial charge in [-0.05, 0) is 82.7 Å². The largest absolute Gasteiger partial charge is 0.471 e. The summed E-state index contributed by atoms with van der Waals surface area (Å²) in [4.78, 5) is 41.2. The van der Waals surface area contributed by atoms with Crippen molar-refractivity contribution in [1.29, 1.82) is 0 Å². The van der Waals surface area contributed by atoms with Gasteiger partial charge in [0.25, 0.3) is 0 Å². The minimum Gasteiger partial charge on any atom is -0.443 e. The molecule has 168 valence electrons. The smallest absolute Gasteiger partial charge is 0.443 e. The first-order valence-electron chi connectivity index (χ1n) is 8.63. The summed E-state index contributed by atoms with van der Waals surface area (Å²) >= 11 is 1.58. The highest BCUT2D eigenvalue weighted by atomic mass is 127. The van der Waals surface area contributed by atoms with Crippen LogP contribution in [0.15, 0.2) is 6.07 Å². The van der Waals surface area contributed by atoms with Crippen LogP contribution < -0.4 is 10.2 Å². The van der Waals surface area contributed by atoms with Crippen LogP contribution in [0.4, 0.5) is 34.3 Å². The Morgan fingerprint density at radius 2 is 1.43 bits per heavy atom. The number of carbonyl (C=O) groups is 3. The third-order valence-electron chi connectivity index (χ3n) is 3.01. The summed E-state index contributed by atoms with van der Waals surface area (Å²) in [5.74, 6) is -2.38. The molecule has 0 fully saturated rings. The molecule has 0 saturated carbocycles. The number of ether oxygens (including phenoxy) is 2. The van der Waals surface area contributed by atoms with Crippen molar-refractivity contribution in [3.63, 3.8) is 0 Å². The van der Waals surface area contributed by atoms with Crippen molar-refractivity contribution in [3.05, 3.63) is 15.3 Å². The molecule has 1 N–H and O–H groups in total. The van der Waals surface area contributed by atoms with E-state index in [4.69, 9.17) is 9.47 Å². The second-order valence-corrected chi connectivity index (χ2v) is 9.24. The fourth-order valence-electron chi connectivity index (χ4n) is 1.95. The number of hydrogen-bond donors (Lipinski definition) is 1. The number of pyridine rings is 1. The molecule has 3 amide bonds. The van der Waals surface area contributed by atoms with Crippen LogP contribution >= 0.6 is 22.6 Å². The summed E-state index contributed by atoms with van der Waals surface area (Å²) in [5.41, 5.74) is -1.99. The zero-order valence-electron chi connectivity index (χ0n) is 17.5. The van der Waals surface area contributed by atoms with E-state index in [1.165, 1.54) is 6.92 Å². The number of imide groups is 1. The molecule has 0 spiro atoms. The zero-order valence-corrected chi connectivity index (χ0v) is 19.7. The molecule has 0 aliphatic heterocycles. The van der Waals surface area contributed by atoms with E-state index in [0.29, 0.717) is 4.90 Å². The van der Waals surface area contributed by atoms with E-state index in [-0.39, 0.29) is 20.8 Å². The SMILES string of the molecule is Cc1cc(NC(=O)C(F)(F)F)c(I)nc1N(C(=O)OC(C)(C)C)C(=O)OC(C)(C)C. The van der Waals surface area contributed by atoms with Gasteiger partial charge in [-0.1, -0.05) is 0 Å². The molecule has 1 aromatic rings. The van der Waals surface area contributed by atoms with Crippen LogP contribution in [-0.2, 0) is 14.3 Å². The van der Waals surface area contributed by atoms with Crippen LogP contribution in [-0.4, -0.2) is 40.5 Å². The number of nitrogens with one attached hydrogen (secondary N) is 1. The van der Waals surface area contributed by atoms with Gasteiger partial charge >= 0.3 is 24.3 Å². The fraction of sp³-hybridized carbons (Fsp3) is 0.556. The standard InChI is InChI=1S/C18H23F3IN3O5/c1-9-8-10(23-13(26)18(19,20)21)11(22)24-12(9)25(14(27)29-16(2,3)4)15(28)30-17(5,6)7/h8H,1-7H3,(H,23,26). The highest BCUT2D eigenvalue weighted by molar-refractivity contribution is 14.1. The highest BCUT2D eigenvalue weighted by Crippen LogP contribution is 2.29. The maximum atomic E-state index is 12.7. The average Bonchev–Trinajstić information content (AvgIpc) is 2.47. The Morgan fingerprint density at radius 3 is 1.80 bits per heavy atom. The predicted octanol–water partition coefficient (Wildman–Crippen LogP) is 5.17. The molecule has 8 nitrogen and oxygen atoms in total. The van der Waals surface area contributed by atoms with Crippen molar-refractivity contribution >= 4 is 52.2 Å². The maximum absolute atomic E-state index is 12.7. The molecule has 30 heavy (non-hydrogen) atoms. The quantitative estimate of drug-likeness (QED) is 0.407. The molecule has 0 aromatic carbocycles. The lowest BCUT2D eigenvalue weighted by Crippen LogP contribution is -2.44. The van der Waals surface area contributed by atoms with Crippen molar-refractivity contribution in [3.8, 4) is 0 Å². The number of alkyl halides is 3. The minimum absolute atomic E-state index is 0.0806. The van der Waals surface area contributed by atoms with Crippen LogP contribution in [0.3, 0.4) is 0 Å². The molecule has 0 atom stereocenters. The lowest BCUT2D eigenvalue weighted by atomic mass is 10.2. The van der Waals surface area contributed by atoms with Gasteiger partial charge in [-0.3, -0.25) is 4.79 Å². The van der Waals surface area contributed by atoms with Gasteiger partial charge < -0.3 is 14.8 Å². The van der Waals surface area contributed by atoms with Crippen LogP contribution in [0.25, 0.3) is 0 Å². The number of rotatable bonds is 2. The summed E-state index contributed by atoms with van der Waals surface area (Å²) in [6.45, 7) is 11.0. The average molecular weight is 545 g/mol. The number of aromatic nitrogens is 1. The summed E-state index contributed by atoms with van der Waals surface area (Å²) in [6.07, 6.45) is -7.24. The van der Waals surface area contributed by atoms with Crippen molar-refractivity contribution in [1.82, 2.24) is 4.98 Å². The first kappa shape index (κ1) is 25.9. The molecule has 0 aliphatic rings. The van der Waals surface area contributed by atoms with Crippen molar-refractivity contribution in [2.75, 3.05) is 10.2 Å². The minimum atomic E-state index is -5.09. The van der Waals surface area contributed by atoms with E-state index in [0.717, 1.165) is 6.07 Å². The van der Waals surface area contributed by atoms with E-state index in [2.05, 4.69) is 4.98 Å². The predicted molar refractivity (Wildman–Crippen MR) is 111 cm³/mol. The Bertz CT molecular complexity index is 817. The second-order valence-electron chi connectivity index (χ2n) is 8.22. The molecule has 0 aliphatic carbocycles. The number of carbonyl (C=O) groups excluding carboxylic acids is 3. The van der Waals surface area contributed by atoms with E-state index in [9.17, 15) is 27.6 Å². The monoisotopic (exact) mass is 545 g/mol. The first-order chi connectivity index (χ1) is 13.3. The summed E-state index contributed by atoms with van der Waals surface area (Å²) in [6, 6.07) is 1.16. The Balaban J connectivity index is 3.42. The van der Waals surface area contributed by atoms with E-state index in [1.807, 2.05) is 0 Å². The Morgan fingerprint density at radius 1 is 1.00 bits per heavy atom. The van der Waals surface area contributed by atoms with Crippen LogP contribution in [0.2, 0.25) is 0 Å². The third kappa shape index (κ3) is 7.61. The Kier molecular flexibility index (Phi) is 7.72. The first-order valence-corrected chi connectivity index (χ1v) is 9.71. The molecule has 0 unspecified atom stereocenters. The van der Waals surface area contributed by atoms with Crippen molar-refractivity contribution in [2.24, 2.45) is 0 Å². The second kappa shape index (κ2) is 8.94. The molecule has 1 aromatic heterocycles. The molecule has 12 heteroatoms. The van der Waals surface area contributed by atoms with Crippen LogP contribution in [0.1, 0.15) is 47.1 Å². The number of amides is 3. The topological polar surface area (TPSA) is 97.8 Å². The number of hydrogen-bond acceptors (Lipinski definition) is 6. The van der Waals surface area contributed by atoms with Crippen LogP contribution in [0.5, 0.6) is 0 Å². The molecule has 1 rings (SSSR count). The zero-order chi connectivity index (χ0) is 23.7. The maximum Gasteiger partial charge on any atom is 0.471 e. The summed E-state index contributed by atoms with van der Waals surface area (Å²) in [7, 11) is 0. The van der Waals surface area contributed by atoms with E-state index in [1.54, 1.807) is 69.5 Å². The molecule has 0 bridgehead atoms. The van der Waals surface area contributed by atoms with Crippen molar-refractivity contribution in [2.45, 2.75) is 65.8 Å². The van der Waals surface area contributed by atoms with Gasteiger partial charge in [0.05, 0.1) is 5.69 Å². The molecule has 1 heterocycles. The van der Waals surface area contributed by atoms with Gasteiger partial charge in [0.1, 0.15) is 14.9 Å². The summed E-state index contributed by atoms with van der Waals surface area (Å²) < 4.78 is 48.0. The van der Waals surface area contributed by atoms with Gasteiger partial charge in [0, 0.05) is 0 Å². The van der Waals surface area contributed by atoms with Gasteiger partial charge in [0.15, 0.2) is 5.82 Å².